The van der Waals surface area contributed by atoms with Crippen molar-refractivity contribution in [2.75, 3.05) is 19.8 Å². The summed E-state index contributed by atoms with van der Waals surface area (Å²) in [6, 6.07) is 38.3. The van der Waals surface area contributed by atoms with E-state index in [0.717, 1.165) is 16.7 Å². The molecule has 4 aromatic carbocycles. The Morgan fingerprint density at radius 3 is 1.71 bits per heavy atom. The molecule has 0 N–H and O–H groups in total. The monoisotopic (exact) mass is 714 g/mol. The van der Waals surface area contributed by atoms with Crippen molar-refractivity contribution in [3.63, 3.8) is 0 Å². The number of benzene rings is 4. The molecule has 9 nitrogen and oxygen atoms in total. The van der Waals surface area contributed by atoms with Crippen LogP contribution in [0.3, 0.4) is 0 Å². The van der Waals surface area contributed by atoms with Crippen LogP contribution in [0.1, 0.15) is 37.5 Å². The van der Waals surface area contributed by atoms with E-state index in [-0.39, 0.29) is 43.7 Å². The van der Waals surface area contributed by atoms with Crippen molar-refractivity contribution in [3.8, 4) is 0 Å². The van der Waals surface area contributed by atoms with Gasteiger partial charge in [0.2, 0.25) is 12.4 Å². The fourth-order valence-corrected chi connectivity index (χ4v) is 7.12. The van der Waals surface area contributed by atoms with Gasteiger partial charge in [0.15, 0.2) is 11.9 Å². The third-order valence-corrected chi connectivity index (χ3v) is 9.55. The molecular weight excluding hydrogens is 669 g/mol. The molecule has 270 valence electrons. The Bertz CT molecular complexity index is 1660. The van der Waals surface area contributed by atoms with Crippen LogP contribution in [0, 0.1) is 0 Å². The first-order valence-electron chi connectivity index (χ1n) is 17.2. The predicted molar refractivity (Wildman–Crippen MR) is 193 cm³/mol. The highest BCUT2D eigenvalue weighted by Crippen LogP contribution is 2.38. The Kier molecular flexibility index (Phi) is 15.0. The lowest BCUT2D eigenvalue weighted by atomic mass is 10.0. The number of hydrogen-bond donors (Lipinski definition) is 0. The van der Waals surface area contributed by atoms with E-state index >= 15 is 0 Å². The number of carbonyl (C=O) groups excluding carboxylic acids is 1. The topological polar surface area (TPSA) is 98.8 Å². The number of carbonyl (C=O) groups is 1. The molecule has 0 spiro atoms. The Morgan fingerprint density at radius 1 is 0.706 bits per heavy atom. The van der Waals surface area contributed by atoms with Gasteiger partial charge in [-0.15, -0.1) is 0 Å². The summed E-state index contributed by atoms with van der Waals surface area (Å²) in [6.07, 6.45) is -4.81. The van der Waals surface area contributed by atoms with Crippen LogP contribution in [0.25, 0.3) is 0 Å². The third kappa shape index (κ3) is 10.9. The molecule has 1 aliphatic rings. The lowest BCUT2D eigenvalue weighted by Gasteiger charge is -2.42. The lowest BCUT2D eigenvalue weighted by Crippen LogP contribution is -2.53. The van der Waals surface area contributed by atoms with Crippen LogP contribution < -0.4 is 0 Å². The van der Waals surface area contributed by atoms with Crippen LogP contribution in [0.5, 0.6) is 0 Å². The van der Waals surface area contributed by atoms with E-state index in [9.17, 15) is 9.00 Å². The predicted octanol–water partition coefficient (Wildman–Crippen LogP) is 7.12. The van der Waals surface area contributed by atoms with Gasteiger partial charge in [-0.25, -0.2) is 4.21 Å². The first-order valence-corrected chi connectivity index (χ1v) is 18.3. The van der Waals surface area contributed by atoms with Crippen molar-refractivity contribution in [2.24, 2.45) is 0 Å². The third-order valence-electron chi connectivity index (χ3n) is 8.01. The smallest absolute Gasteiger partial charge is 0.303 e. The minimum absolute atomic E-state index is 0.0784. The molecule has 1 heterocycles. The van der Waals surface area contributed by atoms with Gasteiger partial charge >= 0.3 is 5.97 Å². The lowest BCUT2D eigenvalue weighted by molar-refractivity contribution is -0.217. The highest BCUT2D eigenvalue weighted by Gasteiger charge is 2.49. The second kappa shape index (κ2) is 20.0. The first-order chi connectivity index (χ1) is 25.0. The summed E-state index contributed by atoms with van der Waals surface area (Å²) < 4.78 is 59.3. The quantitative estimate of drug-likeness (QED) is 0.0743. The van der Waals surface area contributed by atoms with Crippen LogP contribution in [0.2, 0.25) is 0 Å². The molecule has 0 saturated heterocycles. The fourth-order valence-electron chi connectivity index (χ4n) is 5.70. The summed E-state index contributed by atoms with van der Waals surface area (Å²) in [6.45, 7) is 6.24. The summed E-state index contributed by atoms with van der Waals surface area (Å²) in [5, 5.41) is 0. The van der Waals surface area contributed by atoms with E-state index in [1.54, 1.807) is 12.1 Å². The molecule has 0 aromatic heterocycles. The maximum atomic E-state index is 14.9. The van der Waals surface area contributed by atoms with Crippen LogP contribution in [-0.2, 0) is 68.6 Å². The number of hydrogen-bond acceptors (Lipinski definition) is 9. The van der Waals surface area contributed by atoms with Gasteiger partial charge in [-0.05, 0) is 42.7 Å². The van der Waals surface area contributed by atoms with E-state index in [1.807, 2.05) is 123 Å². The average molecular weight is 715 g/mol. The van der Waals surface area contributed by atoms with Crippen molar-refractivity contribution in [2.45, 2.75) is 76.2 Å². The molecule has 0 amide bonds. The van der Waals surface area contributed by atoms with Crippen LogP contribution in [-0.4, -0.2) is 60.7 Å². The molecule has 5 rings (SSSR count). The Morgan fingerprint density at radius 2 is 1.20 bits per heavy atom. The Labute approximate surface area is 302 Å². The normalized spacial score (nSPS) is 18.6. The molecule has 0 bridgehead atoms. The highest BCUT2D eigenvalue weighted by molar-refractivity contribution is 7.89. The molecule has 0 saturated carbocycles. The van der Waals surface area contributed by atoms with Crippen molar-refractivity contribution in [1.29, 1.82) is 0 Å². The molecular formula is C41H46O9S. The molecule has 51 heavy (non-hydrogen) atoms. The van der Waals surface area contributed by atoms with Gasteiger partial charge in [-0.2, -0.15) is 0 Å². The van der Waals surface area contributed by atoms with Crippen LogP contribution in [0.4, 0.5) is 0 Å². The molecule has 1 aliphatic heterocycles. The Balaban J connectivity index is 1.65. The largest absolute Gasteiger partial charge is 0.484 e. The zero-order valence-electron chi connectivity index (χ0n) is 29.3. The van der Waals surface area contributed by atoms with Gasteiger partial charge in [0, 0.05) is 25.0 Å². The highest BCUT2D eigenvalue weighted by atomic mass is 32.2. The van der Waals surface area contributed by atoms with Gasteiger partial charge in [-0.1, -0.05) is 109 Å². The first kappa shape index (κ1) is 38.1. The fraction of sp³-hybridized carbons (Fsp3) is 0.341. The second-order valence-corrected chi connectivity index (χ2v) is 13.2. The van der Waals surface area contributed by atoms with E-state index in [4.69, 9.17) is 33.2 Å². The molecule has 1 unspecified atom stereocenters. The average Bonchev–Trinajstić information content (AvgIpc) is 3.16. The van der Waals surface area contributed by atoms with E-state index in [1.165, 1.54) is 6.92 Å². The van der Waals surface area contributed by atoms with Gasteiger partial charge in [0.1, 0.15) is 12.2 Å². The van der Waals surface area contributed by atoms with Crippen molar-refractivity contribution < 1.29 is 42.2 Å². The molecule has 0 radical (unpaired) electrons. The molecule has 0 fully saturated rings. The Hall–Kier alpha value is -4.16. The van der Waals surface area contributed by atoms with Gasteiger partial charge in [0.05, 0.1) is 42.1 Å². The number of ether oxygens (including phenoxy) is 7. The molecule has 0 aliphatic carbocycles. The van der Waals surface area contributed by atoms with Gasteiger partial charge in [0.25, 0.3) is 0 Å². The zero-order valence-corrected chi connectivity index (χ0v) is 30.1. The summed E-state index contributed by atoms with van der Waals surface area (Å²) >= 11 is 0. The van der Waals surface area contributed by atoms with Crippen molar-refractivity contribution >= 4 is 16.8 Å². The van der Waals surface area contributed by atoms with Crippen molar-refractivity contribution in [1.82, 2.24) is 0 Å². The molecule has 10 heteroatoms. The maximum Gasteiger partial charge on any atom is 0.303 e. The summed E-state index contributed by atoms with van der Waals surface area (Å²) in [4.78, 5) is 13.5. The maximum absolute atomic E-state index is 14.9. The second-order valence-electron chi connectivity index (χ2n) is 11.8. The van der Waals surface area contributed by atoms with E-state index in [0.29, 0.717) is 11.5 Å². The minimum atomic E-state index is -1.86. The van der Waals surface area contributed by atoms with Crippen LogP contribution >= 0.6 is 0 Å². The van der Waals surface area contributed by atoms with Crippen LogP contribution in [0.15, 0.2) is 137 Å². The minimum Gasteiger partial charge on any atom is -0.484 e. The summed E-state index contributed by atoms with van der Waals surface area (Å²) in [7, 11) is -1.86. The standard InChI is InChI=1S/C41H46O9S/c1-4-45-41(46-5-2)39(49-30(3)42)38-40(51(43)34-24-16-9-17-25-34)37(48-28-33-22-14-8-15-23-33)36(47-27-32-20-12-7-13-21-32)35(50-38)29-44-26-31-18-10-6-11-19-31/h6-25,35-37,39,41H,4-5,26-29H2,1-3H3/t35-,36+,37+,39+,51?/m1/s1. The van der Waals surface area contributed by atoms with Crippen molar-refractivity contribution in [3.05, 3.63) is 149 Å². The summed E-state index contributed by atoms with van der Waals surface area (Å²) in [5.41, 5.74) is 2.83. The summed E-state index contributed by atoms with van der Waals surface area (Å²) in [5.74, 6) is -0.475. The van der Waals surface area contributed by atoms with E-state index < -0.39 is 47.5 Å². The van der Waals surface area contributed by atoms with E-state index in [2.05, 4.69) is 0 Å². The zero-order chi connectivity index (χ0) is 35.8. The van der Waals surface area contributed by atoms with Gasteiger partial charge < -0.3 is 33.2 Å². The van der Waals surface area contributed by atoms with Gasteiger partial charge in [-0.3, -0.25) is 4.79 Å². The molecule has 4 aromatic rings. The molecule has 5 atom stereocenters. The number of esters is 1. The SMILES string of the molecule is CCOC(OCC)[C@@H](OC(C)=O)C1=C(S(=O)c2ccccc2)[C@@H](OCc2ccccc2)[C@@H](OCc2ccccc2)[C@@H](COCc2ccccc2)O1. The number of rotatable bonds is 19.